The molecule has 9 nitrogen and oxygen atoms in total. The Hall–Kier alpha value is -2.59. The molecule has 0 bridgehead atoms. The topological polar surface area (TPSA) is 101 Å². The minimum atomic E-state index is -0.519. The van der Waals surface area contributed by atoms with Gasteiger partial charge in [0.25, 0.3) is 0 Å². The number of urea groups is 1. The van der Waals surface area contributed by atoms with Crippen LogP contribution >= 0.6 is 11.8 Å². The van der Waals surface area contributed by atoms with E-state index in [1.165, 1.54) is 31.0 Å². The summed E-state index contributed by atoms with van der Waals surface area (Å²) in [5.41, 5.74) is 0.904. The molecule has 1 saturated carbocycles. The summed E-state index contributed by atoms with van der Waals surface area (Å²) in [6.07, 6.45) is 5.56. The monoisotopic (exact) mass is 472 g/mol. The number of rotatable bonds is 8. The molecule has 1 aliphatic carbocycles. The second kappa shape index (κ2) is 10.6. The largest absolute Gasteiger partial charge is 0.497 e. The molecule has 2 N–H and O–H groups in total. The van der Waals surface area contributed by atoms with Gasteiger partial charge in [-0.2, -0.15) is 0 Å². The Labute approximate surface area is 198 Å². The number of hydrogen-bond donors (Lipinski definition) is 2. The molecule has 0 radical (unpaired) electrons. The minimum absolute atomic E-state index is 0.0858. The lowest BCUT2D eigenvalue weighted by atomic mass is 10.1. The van der Waals surface area contributed by atoms with Gasteiger partial charge in [-0.25, -0.2) is 4.79 Å². The highest BCUT2D eigenvalue weighted by molar-refractivity contribution is 8.00. The smallest absolute Gasteiger partial charge is 0.321 e. The highest BCUT2D eigenvalue weighted by Crippen LogP contribution is 2.31. The van der Waals surface area contributed by atoms with Gasteiger partial charge in [-0.05, 0) is 76.9 Å². The van der Waals surface area contributed by atoms with E-state index in [9.17, 15) is 9.59 Å². The average Bonchev–Trinajstić information content (AvgIpc) is 3.55. The molecule has 2 heterocycles. The van der Waals surface area contributed by atoms with Gasteiger partial charge >= 0.3 is 6.03 Å². The molecule has 1 aromatic heterocycles. The summed E-state index contributed by atoms with van der Waals surface area (Å²) in [5, 5.41) is 14.3. The Morgan fingerprint density at radius 2 is 1.79 bits per heavy atom. The summed E-state index contributed by atoms with van der Waals surface area (Å²) in [4.78, 5) is 27.0. The lowest BCUT2D eigenvalue weighted by molar-refractivity contribution is -0.119. The number of carbonyl (C=O) groups is 2. The fraction of sp³-hybridized carbons (Fsp3) is 0.565. The fourth-order valence-electron chi connectivity index (χ4n) is 3.95. The van der Waals surface area contributed by atoms with Crippen LogP contribution < -0.4 is 15.4 Å². The second-order valence-electron chi connectivity index (χ2n) is 8.64. The predicted molar refractivity (Wildman–Crippen MR) is 127 cm³/mol. The van der Waals surface area contributed by atoms with Gasteiger partial charge in [0, 0.05) is 11.7 Å². The number of hydrogen-bond acceptors (Lipinski definition) is 7. The van der Waals surface area contributed by atoms with Crippen molar-refractivity contribution in [2.75, 3.05) is 20.2 Å². The Morgan fingerprint density at radius 1 is 1.09 bits per heavy atom. The Kier molecular flexibility index (Phi) is 7.54. The number of thioether (sulfide) groups is 1. The van der Waals surface area contributed by atoms with Crippen molar-refractivity contribution in [3.8, 4) is 11.4 Å². The molecule has 2 unspecified atom stereocenters. The van der Waals surface area contributed by atoms with E-state index in [2.05, 4.69) is 32.7 Å². The first kappa shape index (κ1) is 23.6. The number of imide groups is 1. The zero-order valence-electron chi connectivity index (χ0n) is 19.4. The molecule has 3 amide bonds. The van der Waals surface area contributed by atoms with Gasteiger partial charge in [0.15, 0.2) is 11.0 Å². The van der Waals surface area contributed by atoms with Gasteiger partial charge in [-0.1, -0.05) is 18.2 Å². The fourth-order valence-corrected chi connectivity index (χ4v) is 4.82. The van der Waals surface area contributed by atoms with E-state index < -0.39 is 11.3 Å². The van der Waals surface area contributed by atoms with Crippen LogP contribution in [0, 0.1) is 0 Å². The van der Waals surface area contributed by atoms with Crippen molar-refractivity contribution < 1.29 is 14.3 Å². The number of amides is 3. The second-order valence-corrected chi connectivity index (χ2v) is 9.95. The number of ether oxygens (including phenoxy) is 1. The summed E-state index contributed by atoms with van der Waals surface area (Å²) < 4.78 is 7.32. The van der Waals surface area contributed by atoms with Crippen molar-refractivity contribution in [2.45, 2.75) is 68.4 Å². The van der Waals surface area contributed by atoms with Crippen LogP contribution in [0.5, 0.6) is 5.75 Å². The Balaban J connectivity index is 1.56. The van der Waals surface area contributed by atoms with E-state index in [4.69, 9.17) is 4.74 Å². The average molecular weight is 473 g/mol. The summed E-state index contributed by atoms with van der Waals surface area (Å²) in [6.45, 7) is 6.00. The molecule has 33 heavy (non-hydrogen) atoms. The molecule has 1 saturated heterocycles. The molecule has 2 atom stereocenters. The summed E-state index contributed by atoms with van der Waals surface area (Å²) in [6, 6.07) is 7.57. The van der Waals surface area contributed by atoms with Gasteiger partial charge in [-0.3, -0.25) is 19.6 Å². The van der Waals surface area contributed by atoms with Crippen molar-refractivity contribution in [3.63, 3.8) is 0 Å². The summed E-state index contributed by atoms with van der Waals surface area (Å²) in [7, 11) is 1.64. The van der Waals surface area contributed by atoms with Crippen LogP contribution in [0.3, 0.4) is 0 Å². The van der Waals surface area contributed by atoms with E-state index in [1.54, 1.807) is 14.0 Å². The molecule has 0 spiro atoms. The summed E-state index contributed by atoms with van der Waals surface area (Å²) in [5.74, 6) is 1.25. The van der Waals surface area contributed by atoms with E-state index in [-0.39, 0.29) is 18.0 Å². The van der Waals surface area contributed by atoms with Gasteiger partial charge < -0.3 is 10.1 Å². The number of piperidine rings is 1. The van der Waals surface area contributed by atoms with Crippen LogP contribution in [0.25, 0.3) is 5.69 Å². The number of nitrogens with zero attached hydrogens (tertiary/aromatic N) is 4. The van der Waals surface area contributed by atoms with Gasteiger partial charge in [0.1, 0.15) is 5.75 Å². The first-order chi connectivity index (χ1) is 16.0. The van der Waals surface area contributed by atoms with E-state index in [1.807, 2.05) is 28.8 Å². The number of benzene rings is 1. The third-order valence-corrected chi connectivity index (χ3v) is 7.14. The van der Waals surface area contributed by atoms with E-state index in [0.717, 1.165) is 43.2 Å². The quantitative estimate of drug-likeness (QED) is 0.569. The van der Waals surface area contributed by atoms with Crippen LogP contribution in [-0.4, -0.2) is 63.1 Å². The maximum absolute atomic E-state index is 12.6. The Bertz CT molecular complexity index is 969. The van der Waals surface area contributed by atoms with Crippen LogP contribution in [-0.2, 0) is 4.79 Å². The van der Waals surface area contributed by atoms with Gasteiger partial charge in [0.05, 0.1) is 18.4 Å². The molecule has 10 heteroatoms. The van der Waals surface area contributed by atoms with Crippen molar-refractivity contribution in [1.82, 2.24) is 30.3 Å². The number of aromatic nitrogens is 3. The van der Waals surface area contributed by atoms with Crippen molar-refractivity contribution in [3.05, 3.63) is 30.1 Å². The first-order valence-corrected chi connectivity index (χ1v) is 12.5. The standard InChI is InChI=1S/C23H32N6O3S/c1-15(28-13-5-4-6-14-28)20-26-27-23(29(20)18-9-11-19(32-3)12-10-18)33-16(2)21(30)25-22(31)24-17-7-8-17/h9-12,15-17H,4-8,13-14H2,1-3H3,(H2,24,25,30,31). The minimum Gasteiger partial charge on any atom is -0.497 e. The molecule has 4 rings (SSSR count). The highest BCUT2D eigenvalue weighted by Gasteiger charge is 2.29. The van der Waals surface area contributed by atoms with Gasteiger partial charge in [-0.15, -0.1) is 10.2 Å². The number of likely N-dealkylation sites (tertiary alicyclic amines) is 1. The molecular formula is C23H32N6O3S. The third-order valence-electron chi connectivity index (χ3n) is 6.10. The van der Waals surface area contributed by atoms with Crippen molar-refractivity contribution in [1.29, 1.82) is 0 Å². The van der Waals surface area contributed by atoms with Crippen molar-refractivity contribution >= 4 is 23.7 Å². The lowest BCUT2D eigenvalue weighted by Crippen LogP contribution is -2.43. The zero-order chi connectivity index (χ0) is 23.4. The predicted octanol–water partition coefficient (Wildman–Crippen LogP) is 3.29. The highest BCUT2D eigenvalue weighted by atomic mass is 32.2. The van der Waals surface area contributed by atoms with Crippen LogP contribution in [0.15, 0.2) is 29.4 Å². The Morgan fingerprint density at radius 3 is 2.42 bits per heavy atom. The molecule has 178 valence electrons. The number of nitrogens with one attached hydrogen (secondary N) is 2. The number of carbonyl (C=O) groups excluding carboxylic acids is 2. The molecule has 2 aliphatic rings. The van der Waals surface area contributed by atoms with E-state index in [0.29, 0.717) is 5.16 Å². The van der Waals surface area contributed by atoms with E-state index >= 15 is 0 Å². The first-order valence-electron chi connectivity index (χ1n) is 11.6. The maximum Gasteiger partial charge on any atom is 0.321 e. The van der Waals surface area contributed by atoms with Crippen LogP contribution in [0.2, 0.25) is 0 Å². The lowest BCUT2D eigenvalue weighted by Gasteiger charge is -2.32. The van der Waals surface area contributed by atoms with Crippen molar-refractivity contribution in [2.24, 2.45) is 0 Å². The maximum atomic E-state index is 12.6. The molecule has 1 aliphatic heterocycles. The van der Waals surface area contributed by atoms with Gasteiger partial charge in [0.2, 0.25) is 5.91 Å². The normalized spacial score (nSPS) is 18.4. The summed E-state index contributed by atoms with van der Waals surface area (Å²) >= 11 is 1.29. The van der Waals surface area contributed by atoms with Crippen LogP contribution in [0.1, 0.15) is 57.8 Å². The molecule has 2 aromatic rings. The molecule has 1 aromatic carbocycles. The van der Waals surface area contributed by atoms with Crippen LogP contribution in [0.4, 0.5) is 4.79 Å². The number of methoxy groups -OCH3 is 1. The third kappa shape index (κ3) is 5.86. The SMILES string of the molecule is COc1ccc(-n2c(SC(C)C(=O)NC(=O)NC3CC3)nnc2C(C)N2CCCCC2)cc1. The zero-order valence-corrected chi connectivity index (χ0v) is 20.2. The molecule has 2 fully saturated rings. The molecular weight excluding hydrogens is 440 g/mol.